The Bertz CT molecular complexity index is 379. The van der Waals surface area contributed by atoms with E-state index in [-0.39, 0.29) is 5.97 Å². The van der Waals surface area contributed by atoms with E-state index in [1.807, 2.05) is 31.2 Å². The van der Waals surface area contributed by atoms with Gasteiger partial charge in [0.2, 0.25) is 0 Å². The molecule has 3 heteroatoms. The molecule has 0 aromatic heterocycles. The van der Waals surface area contributed by atoms with Crippen molar-refractivity contribution in [1.29, 1.82) is 0 Å². The first-order valence-corrected chi connectivity index (χ1v) is 6.34. The van der Waals surface area contributed by atoms with Crippen molar-refractivity contribution < 1.29 is 14.3 Å². The molecule has 18 heavy (non-hydrogen) atoms. The molecule has 0 bridgehead atoms. The number of unbranched alkanes of at least 4 members (excludes halogenated alkanes) is 1. The molecular formula is C15H20O3. The van der Waals surface area contributed by atoms with Crippen LogP contribution in [0.2, 0.25) is 0 Å². The summed E-state index contributed by atoms with van der Waals surface area (Å²) in [6.07, 6.45) is 5.12. The van der Waals surface area contributed by atoms with Crippen molar-refractivity contribution in [2.45, 2.75) is 26.7 Å². The molecular weight excluding hydrogens is 228 g/mol. The molecule has 98 valence electrons. The van der Waals surface area contributed by atoms with E-state index >= 15 is 0 Å². The zero-order valence-corrected chi connectivity index (χ0v) is 11.0. The van der Waals surface area contributed by atoms with Crippen LogP contribution < -0.4 is 4.74 Å². The molecule has 0 aliphatic rings. The van der Waals surface area contributed by atoms with Gasteiger partial charge in [0.15, 0.2) is 0 Å². The van der Waals surface area contributed by atoms with E-state index in [4.69, 9.17) is 9.47 Å². The third-order valence-electron chi connectivity index (χ3n) is 2.35. The fourth-order valence-electron chi connectivity index (χ4n) is 1.37. The Hall–Kier alpha value is -1.77. The van der Waals surface area contributed by atoms with E-state index in [1.54, 1.807) is 6.08 Å². The molecule has 0 amide bonds. The summed E-state index contributed by atoms with van der Waals surface area (Å²) in [7, 11) is 0. The Morgan fingerprint density at radius 2 is 1.94 bits per heavy atom. The Morgan fingerprint density at radius 3 is 2.56 bits per heavy atom. The van der Waals surface area contributed by atoms with E-state index in [1.165, 1.54) is 6.08 Å². The molecule has 3 nitrogen and oxygen atoms in total. The minimum Gasteiger partial charge on any atom is -0.494 e. The number of benzene rings is 1. The van der Waals surface area contributed by atoms with Crippen LogP contribution in [0.15, 0.2) is 30.3 Å². The van der Waals surface area contributed by atoms with Gasteiger partial charge < -0.3 is 9.47 Å². The first-order chi connectivity index (χ1) is 8.76. The average molecular weight is 248 g/mol. The largest absolute Gasteiger partial charge is 0.494 e. The fraction of sp³-hybridized carbons (Fsp3) is 0.400. The highest BCUT2D eigenvalue weighted by molar-refractivity contribution is 5.87. The summed E-state index contributed by atoms with van der Waals surface area (Å²) in [5.41, 5.74) is 0.950. The Labute approximate surface area is 108 Å². The van der Waals surface area contributed by atoms with E-state index in [9.17, 15) is 4.79 Å². The van der Waals surface area contributed by atoms with Gasteiger partial charge in [0.1, 0.15) is 5.75 Å². The van der Waals surface area contributed by atoms with Gasteiger partial charge in [-0.25, -0.2) is 4.79 Å². The lowest BCUT2D eigenvalue weighted by atomic mass is 10.2. The summed E-state index contributed by atoms with van der Waals surface area (Å²) in [6, 6.07) is 7.57. The summed E-state index contributed by atoms with van der Waals surface area (Å²) in [6.45, 7) is 5.14. The van der Waals surface area contributed by atoms with Crippen LogP contribution in [-0.2, 0) is 9.53 Å². The zero-order chi connectivity index (χ0) is 13.2. The molecule has 0 radical (unpaired) electrons. The second-order valence-corrected chi connectivity index (χ2v) is 3.86. The standard InChI is InChI=1S/C15H20O3/c1-3-5-12-18-15(16)11-8-13-6-9-14(10-7-13)17-4-2/h6-11H,3-5,12H2,1-2H3. The van der Waals surface area contributed by atoms with E-state index < -0.39 is 0 Å². The molecule has 0 unspecified atom stereocenters. The number of hydrogen-bond acceptors (Lipinski definition) is 3. The highest BCUT2D eigenvalue weighted by Gasteiger charge is 1.96. The molecule has 0 spiro atoms. The first kappa shape index (κ1) is 14.3. The molecule has 1 aromatic carbocycles. The highest BCUT2D eigenvalue weighted by Crippen LogP contribution is 2.13. The van der Waals surface area contributed by atoms with Gasteiger partial charge in [0, 0.05) is 6.08 Å². The van der Waals surface area contributed by atoms with Crippen LogP contribution in [0.3, 0.4) is 0 Å². The van der Waals surface area contributed by atoms with E-state index in [0.717, 1.165) is 24.2 Å². The van der Waals surface area contributed by atoms with Crippen LogP contribution in [-0.4, -0.2) is 19.2 Å². The van der Waals surface area contributed by atoms with Gasteiger partial charge in [-0.1, -0.05) is 25.5 Å². The normalized spacial score (nSPS) is 10.6. The lowest BCUT2D eigenvalue weighted by molar-refractivity contribution is -0.137. The van der Waals surface area contributed by atoms with E-state index in [0.29, 0.717) is 13.2 Å². The van der Waals surface area contributed by atoms with E-state index in [2.05, 4.69) is 6.92 Å². The summed E-state index contributed by atoms with van der Waals surface area (Å²) in [5.74, 6) is 0.539. The molecule has 1 aromatic rings. The Balaban J connectivity index is 2.43. The molecule has 0 aliphatic heterocycles. The number of esters is 1. The van der Waals surface area contributed by atoms with Crippen LogP contribution in [0, 0.1) is 0 Å². The number of carbonyl (C=O) groups is 1. The summed E-state index contributed by atoms with van der Waals surface area (Å²) >= 11 is 0. The Morgan fingerprint density at radius 1 is 1.22 bits per heavy atom. The van der Waals surface area contributed by atoms with Crippen LogP contribution in [0.25, 0.3) is 6.08 Å². The highest BCUT2D eigenvalue weighted by atomic mass is 16.5. The van der Waals surface area contributed by atoms with Gasteiger partial charge >= 0.3 is 5.97 Å². The second kappa shape index (κ2) is 8.34. The van der Waals surface area contributed by atoms with Gasteiger partial charge in [-0.3, -0.25) is 0 Å². The number of carbonyl (C=O) groups excluding carboxylic acids is 1. The number of hydrogen-bond donors (Lipinski definition) is 0. The molecule has 0 saturated heterocycles. The predicted octanol–water partition coefficient (Wildman–Crippen LogP) is 3.44. The van der Waals surface area contributed by atoms with Gasteiger partial charge in [-0.15, -0.1) is 0 Å². The van der Waals surface area contributed by atoms with Crippen molar-refractivity contribution in [2.75, 3.05) is 13.2 Å². The van der Waals surface area contributed by atoms with Crippen LogP contribution in [0.4, 0.5) is 0 Å². The summed E-state index contributed by atoms with van der Waals surface area (Å²) in [4.78, 5) is 11.3. The van der Waals surface area contributed by atoms with Crippen LogP contribution in [0.1, 0.15) is 32.3 Å². The minimum atomic E-state index is -0.294. The maximum atomic E-state index is 11.3. The van der Waals surface area contributed by atoms with Gasteiger partial charge in [-0.05, 0) is 37.1 Å². The molecule has 0 heterocycles. The quantitative estimate of drug-likeness (QED) is 0.421. The molecule has 0 atom stereocenters. The van der Waals surface area contributed by atoms with Gasteiger partial charge in [-0.2, -0.15) is 0 Å². The molecule has 0 aliphatic carbocycles. The fourth-order valence-corrected chi connectivity index (χ4v) is 1.37. The predicted molar refractivity (Wildman–Crippen MR) is 72.5 cm³/mol. The second-order valence-electron chi connectivity index (χ2n) is 3.86. The number of rotatable bonds is 7. The maximum absolute atomic E-state index is 11.3. The summed E-state index contributed by atoms with van der Waals surface area (Å²) in [5, 5.41) is 0. The molecule has 0 N–H and O–H groups in total. The van der Waals surface area contributed by atoms with Crippen molar-refractivity contribution in [3.05, 3.63) is 35.9 Å². The van der Waals surface area contributed by atoms with Crippen molar-refractivity contribution in [3.8, 4) is 5.75 Å². The van der Waals surface area contributed by atoms with Gasteiger partial charge in [0.25, 0.3) is 0 Å². The minimum absolute atomic E-state index is 0.294. The smallest absolute Gasteiger partial charge is 0.330 e. The molecule has 1 rings (SSSR count). The van der Waals surface area contributed by atoms with Gasteiger partial charge in [0.05, 0.1) is 13.2 Å². The average Bonchev–Trinajstić information content (AvgIpc) is 2.39. The third-order valence-corrected chi connectivity index (χ3v) is 2.35. The SMILES string of the molecule is CCCCOC(=O)C=Cc1ccc(OCC)cc1. The third kappa shape index (κ3) is 5.53. The topological polar surface area (TPSA) is 35.5 Å². The molecule has 0 saturated carbocycles. The zero-order valence-electron chi connectivity index (χ0n) is 11.0. The Kier molecular flexibility index (Phi) is 6.62. The van der Waals surface area contributed by atoms with Crippen molar-refractivity contribution in [3.63, 3.8) is 0 Å². The van der Waals surface area contributed by atoms with Crippen LogP contribution in [0.5, 0.6) is 5.75 Å². The molecule has 0 fully saturated rings. The summed E-state index contributed by atoms with van der Waals surface area (Å²) < 4.78 is 10.4. The monoisotopic (exact) mass is 248 g/mol. The van der Waals surface area contributed by atoms with Crippen molar-refractivity contribution in [2.24, 2.45) is 0 Å². The van der Waals surface area contributed by atoms with Crippen molar-refractivity contribution in [1.82, 2.24) is 0 Å². The first-order valence-electron chi connectivity index (χ1n) is 6.34. The lowest BCUT2D eigenvalue weighted by Gasteiger charge is -2.02. The van der Waals surface area contributed by atoms with Crippen LogP contribution >= 0.6 is 0 Å². The lowest BCUT2D eigenvalue weighted by Crippen LogP contribution is -2.01. The maximum Gasteiger partial charge on any atom is 0.330 e. The van der Waals surface area contributed by atoms with Crippen molar-refractivity contribution >= 4 is 12.0 Å². The number of ether oxygens (including phenoxy) is 2.